The van der Waals surface area contributed by atoms with Crippen molar-refractivity contribution < 1.29 is 9.59 Å². The highest BCUT2D eigenvalue weighted by molar-refractivity contribution is 5.94. The summed E-state index contributed by atoms with van der Waals surface area (Å²) < 4.78 is 0. The lowest BCUT2D eigenvalue weighted by molar-refractivity contribution is -0.134. The van der Waals surface area contributed by atoms with Crippen LogP contribution < -0.4 is 5.32 Å². The zero-order valence-electron chi connectivity index (χ0n) is 10.3. The van der Waals surface area contributed by atoms with Crippen molar-refractivity contribution in [1.82, 2.24) is 9.88 Å². The maximum atomic E-state index is 11.8. The van der Waals surface area contributed by atoms with Crippen molar-refractivity contribution in [2.45, 2.75) is 25.7 Å². The molecular formula is C13H17N3O2. The van der Waals surface area contributed by atoms with E-state index in [0.29, 0.717) is 18.7 Å². The van der Waals surface area contributed by atoms with Crippen molar-refractivity contribution in [3.05, 3.63) is 24.5 Å². The van der Waals surface area contributed by atoms with Gasteiger partial charge in [0, 0.05) is 19.2 Å². The molecule has 0 aromatic carbocycles. The van der Waals surface area contributed by atoms with E-state index in [9.17, 15) is 9.59 Å². The molecule has 18 heavy (non-hydrogen) atoms. The third kappa shape index (κ3) is 3.55. The van der Waals surface area contributed by atoms with Crippen LogP contribution in [0.5, 0.6) is 0 Å². The second-order valence-electron chi connectivity index (χ2n) is 4.42. The first-order chi connectivity index (χ1) is 8.75. The van der Waals surface area contributed by atoms with Gasteiger partial charge in [-0.25, -0.2) is 0 Å². The SMILES string of the molecule is O=C(CN1CCCCCC1=O)Nc1cccnc1. The number of hydrogen-bond acceptors (Lipinski definition) is 3. The number of nitrogens with one attached hydrogen (secondary N) is 1. The predicted octanol–water partition coefficient (Wildman–Crippen LogP) is 1.42. The highest BCUT2D eigenvalue weighted by Gasteiger charge is 2.19. The Morgan fingerprint density at radius 3 is 3.06 bits per heavy atom. The van der Waals surface area contributed by atoms with Gasteiger partial charge >= 0.3 is 0 Å². The molecule has 1 aromatic rings. The Bertz CT molecular complexity index is 420. The fourth-order valence-electron chi connectivity index (χ4n) is 2.02. The number of rotatable bonds is 3. The van der Waals surface area contributed by atoms with E-state index >= 15 is 0 Å². The molecule has 1 fully saturated rings. The molecule has 1 aromatic heterocycles. The van der Waals surface area contributed by atoms with Crippen molar-refractivity contribution in [3.63, 3.8) is 0 Å². The Labute approximate surface area is 106 Å². The number of carbonyl (C=O) groups is 2. The average Bonchev–Trinajstić information content (AvgIpc) is 2.56. The van der Waals surface area contributed by atoms with Crippen molar-refractivity contribution >= 4 is 17.5 Å². The van der Waals surface area contributed by atoms with E-state index in [4.69, 9.17) is 0 Å². The lowest BCUT2D eigenvalue weighted by atomic mass is 10.2. The molecule has 0 aliphatic carbocycles. The summed E-state index contributed by atoms with van der Waals surface area (Å²) in [6.07, 6.45) is 6.76. The molecule has 2 heterocycles. The third-order valence-corrected chi connectivity index (χ3v) is 2.95. The summed E-state index contributed by atoms with van der Waals surface area (Å²) in [6.45, 7) is 0.813. The molecule has 96 valence electrons. The van der Waals surface area contributed by atoms with Crippen molar-refractivity contribution in [3.8, 4) is 0 Å². The van der Waals surface area contributed by atoms with Gasteiger partial charge in [-0.1, -0.05) is 6.42 Å². The summed E-state index contributed by atoms with van der Waals surface area (Å²) in [7, 11) is 0. The van der Waals surface area contributed by atoms with Gasteiger partial charge in [0.15, 0.2) is 0 Å². The van der Waals surface area contributed by atoms with Crippen molar-refractivity contribution in [2.75, 3.05) is 18.4 Å². The van der Waals surface area contributed by atoms with Gasteiger partial charge in [-0.2, -0.15) is 0 Å². The number of nitrogens with zero attached hydrogens (tertiary/aromatic N) is 2. The molecule has 1 aliphatic heterocycles. The van der Waals surface area contributed by atoms with E-state index in [2.05, 4.69) is 10.3 Å². The lowest BCUT2D eigenvalue weighted by Crippen LogP contribution is -2.37. The standard InChI is InChI=1S/C13H17N3O2/c17-12(15-11-5-4-7-14-9-11)10-16-8-3-1-2-6-13(16)18/h4-5,7,9H,1-3,6,8,10H2,(H,15,17). The molecule has 0 atom stereocenters. The highest BCUT2D eigenvalue weighted by atomic mass is 16.2. The summed E-state index contributed by atoms with van der Waals surface area (Å²) in [6, 6.07) is 3.53. The minimum absolute atomic E-state index is 0.0776. The van der Waals surface area contributed by atoms with Crippen LogP contribution in [0.2, 0.25) is 0 Å². The summed E-state index contributed by atoms with van der Waals surface area (Å²) in [5, 5.41) is 2.73. The molecular weight excluding hydrogens is 230 g/mol. The van der Waals surface area contributed by atoms with E-state index in [1.54, 1.807) is 29.4 Å². The number of hydrogen-bond donors (Lipinski definition) is 1. The van der Waals surface area contributed by atoms with Crippen LogP contribution >= 0.6 is 0 Å². The number of likely N-dealkylation sites (tertiary alicyclic amines) is 1. The molecule has 1 N–H and O–H groups in total. The number of pyridine rings is 1. The van der Waals surface area contributed by atoms with Crippen LogP contribution in [-0.2, 0) is 9.59 Å². The molecule has 0 saturated carbocycles. The van der Waals surface area contributed by atoms with Crippen LogP contribution in [0.3, 0.4) is 0 Å². The molecule has 5 nitrogen and oxygen atoms in total. The van der Waals surface area contributed by atoms with Crippen LogP contribution in [0.4, 0.5) is 5.69 Å². The van der Waals surface area contributed by atoms with E-state index in [1.807, 2.05) is 0 Å². The van der Waals surface area contributed by atoms with Gasteiger partial charge in [-0.3, -0.25) is 14.6 Å². The van der Waals surface area contributed by atoms with E-state index in [-0.39, 0.29) is 18.4 Å². The summed E-state index contributed by atoms with van der Waals surface area (Å²) in [5.41, 5.74) is 0.657. The van der Waals surface area contributed by atoms with E-state index in [1.165, 1.54) is 0 Å². The number of aromatic nitrogens is 1. The Morgan fingerprint density at radius 2 is 2.28 bits per heavy atom. The van der Waals surface area contributed by atoms with Crippen LogP contribution in [0.15, 0.2) is 24.5 Å². The first kappa shape index (κ1) is 12.5. The normalized spacial score (nSPS) is 16.2. The molecule has 1 aliphatic rings. The molecule has 2 amide bonds. The zero-order chi connectivity index (χ0) is 12.8. The zero-order valence-corrected chi connectivity index (χ0v) is 10.3. The van der Waals surface area contributed by atoms with Gasteiger partial charge in [0.1, 0.15) is 0 Å². The highest BCUT2D eigenvalue weighted by Crippen LogP contribution is 2.11. The van der Waals surface area contributed by atoms with Crippen LogP contribution in [0.1, 0.15) is 25.7 Å². The average molecular weight is 247 g/mol. The molecule has 2 rings (SSSR count). The Balaban J connectivity index is 1.88. The molecule has 5 heteroatoms. The lowest BCUT2D eigenvalue weighted by Gasteiger charge is -2.19. The summed E-state index contributed by atoms with van der Waals surface area (Å²) in [5.74, 6) is -0.0907. The van der Waals surface area contributed by atoms with Gasteiger partial charge in [-0.05, 0) is 25.0 Å². The van der Waals surface area contributed by atoms with E-state index < -0.39 is 0 Å². The van der Waals surface area contributed by atoms with Gasteiger partial charge in [-0.15, -0.1) is 0 Å². The second-order valence-corrected chi connectivity index (χ2v) is 4.42. The van der Waals surface area contributed by atoms with Gasteiger partial charge in [0.05, 0.1) is 18.4 Å². The van der Waals surface area contributed by atoms with Gasteiger partial charge in [0.2, 0.25) is 11.8 Å². The first-order valence-electron chi connectivity index (χ1n) is 6.23. The Morgan fingerprint density at radius 1 is 1.39 bits per heavy atom. The van der Waals surface area contributed by atoms with Crippen LogP contribution in [0, 0.1) is 0 Å². The Hall–Kier alpha value is -1.91. The molecule has 0 spiro atoms. The van der Waals surface area contributed by atoms with Gasteiger partial charge in [0.25, 0.3) is 0 Å². The van der Waals surface area contributed by atoms with Crippen LogP contribution in [-0.4, -0.2) is 34.8 Å². The Kier molecular flexibility index (Phi) is 4.28. The fraction of sp³-hybridized carbons (Fsp3) is 0.462. The fourth-order valence-corrected chi connectivity index (χ4v) is 2.02. The largest absolute Gasteiger partial charge is 0.333 e. The first-order valence-corrected chi connectivity index (χ1v) is 6.23. The molecule has 0 unspecified atom stereocenters. The number of carbonyl (C=O) groups excluding carboxylic acids is 2. The van der Waals surface area contributed by atoms with Crippen molar-refractivity contribution in [1.29, 1.82) is 0 Å². The quantitative estimate of drug-likeness (QED) is 0.878. The van der Waals surface area contributed by atoms with E-state index in [0.717, 1.165) is 19.3 Å². The smallest absolute Gasteiger partial charge is 0.244 e. The maximum absolute atomic E-state index is 11.8. The molecule has 0 radical (unpaired) electrons. The number of amides is 2. The van der Waals surface area contributed by atoms with Crippen LogP contribution in [0.25, 0.3) is 0 Å². The summed E-state index contributed by atoms with van der Waals surface area (Å²) >= 11 is 0. The monoisotopic (exact) mass is 247 g/mol. The predicted molar refractivity (Wildman–Crippen MR) is 67.9 cm³/mol. The number of anilines is 1. The topological polar surface area (TPSA) is 62.3 Å². The molecule has 1 saturated heterocycles. The molecule has 0 bridgehead atoms. The minimum Gasteiger partial charge on any atom is -0.333 e. The summed E-state index contributed by atoms with van der Waals surface area (Å²) in [4.78, 5) is 29.1. The minimum atomic E-state index is -0.168. The third-order valence-electron chi connectivity index (χ3n) is 2.95. The van der Waals surface area contributed by atoms with Crippen molar-refractivity contribution in [2.24, 2.45) is 0 Å². The second kappa shape index (κ2) is 6.14. The van der Waals surface area contributed by atoms with Gasteiger partial charge < -0.3 is 10.2 Å². The maximum Gasteiger partial charge on any atom is 0.244 e.